The first-order valence-electron chi connectivity index (χ1n) is 8.17. The highest BCUT2D eigenvalue weighted by atomic mass is 16.3. The second-order valence-electron chi connectivity index (χ2n) is 6.49. The van der Waals surface area contributed by atoms with Gasteiger partial charge in [-0.25, -0.2) is 4.79 Å². The van der Waals surface area contributed by atoms with Crippen molar-refractivity contribution in [3.8, 4) is 0 Å². The molecular formula is C16H21N5O4. The van der Waals surface area contributed by atoms with E-state index in [4.69, 9.17) is 0 Å². The van der Waals surface area contributed by atoms with Crippen molar-refractivity contribution in [1.82, 2.24) is 24.2 Å². The van der Waals surface area contributed by atoms with Crippen molar-refractivity contribution >= 4 is 5.91 Å². The summed E-state index contributed by atoms with van der Waals surface area (Å²) in [6.45, 7) is 4.66. The Balaban J connectivity index is 1.81. The maximum Gasteiger partial charge on any atom is 0.328 e. The van der Waals surface area contributed by atoms with Gasteiger partial charge in [0.15, 0.2) is 0 Å². The van der Waals surface area contributed by atoms with Crippen molar-refractivity contribution in [3.63, 3.8) is 0 Å². The average molecular weight is 347 g/mol. The first-order valence-corrected chi connectivity index (χ1v) is 8.17. The molecule has 0 aliphatic carbocycles. The Bertz CT molecular complexity index is 894. The van der Waals surface area contributed by atoms with Crippen LogP contribution in [0.25, 0.3) is 0 Å². The minimum Gasteiger partial charge on any atom is -0.386 e. The highest BCUT2D eigenvalue weighted by Gasteiger charge is 2.41. The zero-order chi connectivity index (χ0) is 18.2. The van der Waals surface area contributed by atoms with Crippen molar-refractivity contribution in [2.24, 2.45) is 0 Å². The molecule has 1 fully saturated rings. The topological polar surface area (TPSA) is 113 Å². The van der Waals surface area contributed by atoms with Crippen LogP contribution in [0.15, 0.2) is 34.2 Å². The molecule has 0 radical (unpaired) electrons. The zero-order valence-electron chi connectivity index (χ0n) is 14.2. The average Bonchev–Trinajstić information content (AvgIpc) is 3.03. The Hall–Kier alpha value is -2.68. The van der Waals surface area contributed by atoms with Crippen LogP contribution in [0.1, 0.15) is 36.7 Å². The number of amides is 1. The van der Waals surface area contributed by atoms with E-state index in [2.05, 4.69) is 10.1 Å². The summed E-state index contributed by atoms with van der Waals surface area (Å²) in [4.78, 5) is 39.6. The SMILES string of the molecule is CCn1cc(C(=O)N2CC[C@@H](n3ccc(=O)[nH]c3=O)[C@](C)(O)C2)cn1. The number of H-pyrrole nitrogens is 1. The molecule has 2 N–H and O–H groups in total. The fourth-order valence-corrected chi connectivity index (χ4v) is 3.27. The molecule has 134 valence electrons. The lowest BCUT2D eigenvalue weighted by Crippen LogP contribution is -2.56. The number of aromatic nitrogens is 4. The third-order valence-electron chi connectivity index (χ3n) is 4.58. The van der Waals surface area contributed by atoms with Crippen molar-refractivity contribution in [3.05, 3.63) is 51.1 Å². The van der Waals surface area contributed by atoms with Crippen LogP contribution in [0.5, 0.6) is 0 Å². The number of β-amino-alcohol motifs (C(OH)–C–C–N with tert-alkyl or cyclic N) is 1. The number of aliphatic hydroxyl groups is 1. The van der Waals surface area contributed by atoms with Gasteiger partial charge in [-0.05, 0) is 20.3 Å². The van der Waals surface area contributed by atoms with E-state index in [0.29, 0.717) is 25.1 Å². The van der Waals surface area contributed by atoms with E-state index in [9.17, 15) is 19.5 Å². The van der Waals surface area contributed by atoms with Crippen LogP contribution in [-0.4, -0.2) is 53.9 Å². The largest absolute Gasteiger partial charge is 0.386 e. The van der Waals surface area contributed by atoms with Crippen molar-refractivity contribution in [1.29, 1.82) is 0 Å². The van der Waals surface area contributed by atoms with Gasteiger partial charge in [0.25, 0.3) is 11.5 Å². The number of aryl methyl sites for hydroxylation is 1. The van der Waals surface area contributed by atoms with Gasteiger partial charge in [-0.15, -0.1) is 0 Å². The van der Waals surface area contributed by atoms with Crippen LogP contribution < -0.4 is 11.2 Å². The van der Waals surface area contributed by atoms with E-state index >= 15 is 0 Å². The molecule has 2 aromatic rings. The number of rotatable bonds is 3. The van der Waals surface area contributed by atoms with Crippen molar-refractivity contribution < 1.29 is 9.90 Å². The number of hydrogen-bond acceptors (Lipinski definition) is 5. The molecule has 9 nitrogen and oxygen atoms in total. The number of aromatic amines is 1. The van der Waals surface area contributed by atoms with Gasteiger partial charge in [0.2, 0.25) is 0 Å². The van der Waals surface area contributed by atoms with Crippen molar-refractivity contribution in [2.45, 2.75) is 38.5 Å². The number of carbonyl (C=O) groups is 1. The predicted octanol–water partition coefficient (Wildman–Crippen LogP) is -0.409. The first kappa shape index (κ1) is 17.2. The molecule has 0 saturated carbocycles. The van der Waals surface area contributed by atoms with Gasteiger partial charge < -0.3 is 10.0 Å². The minimum atomic E-state index is -1.31. The van der Waals surface area contributed by atoms with Crippen molar-refractivity contribution in [2.75, 3.05) is 13.1 Å². The number of piperidine rings is 1. The molecule has 2 atom stereocenters. The summed E-state index contributed by atoms with van der Waals surface area (Å²) in [5.41, 5.74) is -1.89. The molecule has 9 heteroatoms. The standard InChI is InChI=1S/C16H21N5O4/c1-3-20-9-11(8-17-20)14(23)19-6-4-12(16(2,25)10-19)21-7-5-13(22)18-15(21)24/h5,7-9,12,25H,3-4,6,10H2,1-2H3,(H,18,22,24)/t12-,16-/m1/s1. The highest BCUT2D eigenvalue weighted by molar-refractivity contribution is 5.93. The number of nitrogens with one attached hydrogen (secondary N) is 1. The van der Waals surface area contributed by atoms with Gasteiger partial charge in [0, 0.05) is 31.5 Å². The lowest BCUT2D eigenvalue weighted by molar-refractivity contribution is -0.0503. The molecule has 1 saturated heterocycles. The summed E-state index contributed by atoms with van der Waals surface area (Å²) < 4.78 is 2.98. The Kier molecular flexibility index (Phi) is 4.34. The molecule has 2 aromatic heterocycles. The third kappa shape index (κ3) is 3.27. The van der Waals surface area contributed by atoms with Crippen LogP contribution in [-0.2, 0) is 6.54 Å². The number of carbonyl (C=O) groups excluding carboxylic acids is 1. The summed E-state index contributed by atoms with van der Waals surface area (Å²) in [6, 6.07) is 0.716. The van der Waals surface area contributed by atoms with Crippen LogP contribution in [0.4, 0.5) is 0 Å². The van der Waals surface area contributed by atoms with E-state index in [-0.39, 0.29) is 12.5 Å². The highest BCUT2D eigenvalue weighted by Crippen LogP contribution is 2.31. The van der Waals surface area contributed by atoms with E-state index in [1.54, 1.807) is 22.7 Å². The zero-order valence-corrected chi connectivity index (χ0v) is 14.2. The van der Waals surface area contributed by atoms with Gasteiger partial charge >= 0.3 is 5.69 Å². The summed E-state index contributed by atoms with van der Waals surface area (Å²) in [7, 11) is 0. The van der Waals surface area contributed by atoms with E-state index in [1.807, 2.05) is 6.92 Å². The maximum atomic E-state index is 12.6. The quantitative estimate of drug-likeness (QED) is 0.784. The predicted molar refractivity (Wildman–Crippen MR) is 89.4 cm³/mol. The Labute approximate surface area is 143 Å². The van der Waals surface area contributed by atoms with Crippen LogP contribution in [0, 0.1) is 0 Å². The lowest BCUT2D eigenvalue weighted by Gasteiger charge is -2.43. The third-order valence-corrected chi connectivity index (χ3v) is 4.58. The molecule has 0 bridgehead atoms. The minimum absolute atomic E-state index is 0.0827. The van der Waals surface area contributed by atoms with E-state index in [0.717, 1.165) is 0 Å². The monoisotopic (exact) mass is 347 g/mol. The Morgan fingerprint density at radius 3 is 2.84 bits per heavy atom. The molecule has 3 heterocycles. The second kappa shape index (κ2) is 6.32. The van der Waals surface area contributed by atoms with Gasteiger partial charge in [-0.3, -0.25) is 23.8 Å². The molecule has 1 aliphatic rings. The van der Waals surface area contributed by atoms with Gasteiger partial charge in [-0.1, -0.05) is 0 Å². The van der Waals surface area contributed by atoms with Crippen LogP contribution in [0.2, 0.25) is 0 Å². The molecule has 25 heavy (non-hydrogen) atoms. The molecule has 1 aliphatic heterocycles. The molecule has 0 spiro atoms. The fourth-order valence-electron chi connectivity index (χ4n) is 3.27. The van der Waals surface area contributed by atoms with Gasteiger partial charge in [-0.2, -0.15) is 5.10 Å². The Morgan fingerprint density at radius 2 is 2.24 bits per heavy atom. The molecule has 0 aromatic carbocycles. The fraction of sp³-hybridized carbons (Fsp3) is 0.500. The first-order chi connectivity index (χ1) is 11.8. The van der Waals surface area contributed by atoms with Gasteiger partial charge in [0.1, 0.15) is 5.60 Å². The summed E-state index contributed by atoms with van der Waals surface area (Å²) in [5, 5.41) is 14.9. The maximum absolute atomic E-state index is 12.6. The number of likely N-dealkylation sites (tertiary alicyclic amines) is 1. The summed E-state index contributed by atoms with van der Waals surface area (Å²) >= 11 is 0. The van der Waals surface area contributed by atoms with Gasteiger partial charge in [0.05, 0.1) is 24.3 Å². The normalized spacial score (nSPS) is 23.6. The molecule has 0 unspecified atom stereocenters. The molecule has 3 rings (SSSR count). The molecule has 1 amide bonds. The summed E-state index contributed by atoms with van der Waals surface area (Å²) in [6.07, 6.45) is 4.96. The lowest BCUT2D eigenvalue weighted by atomic mass is 9.88. The number of hydrogen-bond donors (Lipinski definition) is 2. The van der Waals surface area contributed by atoms with E-state index in [1.165, 1.54) is 23.0 Å². The second-order valence-corrected chi connectivity index (χ2v) is 6.49. The number of nitrogens with zero attached hydrogens (tertiary/aromatic N) is 4. The van der Waals surface area contributed by atoms with Crippen LogP contribution in [0.3, 0.4) is 0 Å². The van der Waals surface area contributed by atoms with E-state index < -0.39 is 22.9 Å². The molecular weight excluding hydrogens is 326 g/mol. The smallest absolute Gasteiger partial charge is 0.328 e. The van der Waals surface area contributed by atoms with Crippen LogP contribution >= 0.6 is 0 Å². The summed E-state index contributed by atoms with van der Waals surface area (Å²) in [5.74, 6) is -0.202. The Morgan fingerprint density at radius 1 is 1.48 bits per heavy atom.